The highest BCUT2D eigenvalue weighted by atomic mass is 79.9. The molecule has 0 aliphatic rings. The second-order valence-electron chi connectivity index (χ2n) is 4.05. The number of halogens is 2. The number of benzene rings is 1. The van der Waals surface area contributed by atoms with Crippen LogP contribution in [0.25, 0.3) is 0 Å². The maximum atomic E-state index is 13.4. The van der Waals surface area contributed by atoms with E-state index in [-0.39, 0.29) is 11.9 Å². The van der Waals surface area contributed by atoms with Crippen LogP contribution in [0, 0.1) is 5.82 Å². The van der Waals surface area contributed by atoms with Gasteiger partial charge in [0.25, 0.3) is 0 Å². The van der Waals surface area contributed by atoms with Gasteiger partial charge in [-0.3, -0.25) is 11.3 Å². The monoisotopic (exact) mass is 344 g/mol. The Bertz CT molecular complexity index is 541. The molecular weight excluding hydrogens is 331 g/mol. The summed E-state index contributed by atoms with van der Waals surface area (Å²) in [6.07, 6.45) is 0.587. The lowest BCUT2D eigenvalue weighted by Gasteiger charge is -2.16. The molecule has 0 fully saturated rings. The van der Waals surface area contributed by atoms with Crippen LogP contribution in [0.1, 0.15) is 16.5 Å². The zero-order valence-corrected chi connectivity index (χ0v) is 12.7. The number of nitrogens with one attached hydrogen (secondary N) is 1. The molecule has 3 nitrogen and oxygen atoms in total. The number of hydrogen-bond acceptors (Lipinski definition) is 4. The third-order valence-electron chi connectivity index (χ3n) is 2.76. The Balaban J connectivity index is 2.24. The number of methoxy groups -OCH3 is 1. The van der Waals surface area contributed by atoms with Crippen LogP contribution < -0.4 is 16.0 Å². The van der Waals surface area contributed by atoms with E-state index in [0.29, 0.717) is 6.42 Å². The molecule has 2 aromatic rings. The van der Waals surface area contributed by atoms with E-state index in [0.717, 1.165) is 20.7 Å². The molecule has 6 heteroatoms. The van der Waals surface area contributed by atoms with Gasteiger partial charge in [0.05, 0.1) is 18.0 Å². The first-order valence-corrected chi connectivity index (χ1v) is 7.33. The standard InChI is InChI=1S/C13H14BrFN2OS/c1-18-12-2-3-19-13(12)11(17-16)6-8-4-9(14)7-10(15)5-8/h2-5,7,11,17H,6,16H2,1H3. The molecule has 0 spiro atoms. The third kappa shape index (κ3) is 3.54. The van der Waals surface area contributed by atoms with Gasteiger partial charge in [0.2, 0.25) is 0 Å². The van der Waals surface area contributed by atoms with E-state index in [2.05, 4.69) is 21.4 Å². The van der Waals surface area contributed by atoms with E-state index >= 15 is 0 Å². The molecule has 102 valence electrons. The molecule has 0 saturated carbocycles. The minimum absolute atomic E-state index is 0.108. The van der Waals surface area contributed by atoms with E-state index < -0.39 is 0 Å². The molecule has 0 aliphatic carbocycles. The highest BCUT2D eigenvalue weighted by Gasteiger charge is 2.17. The van der Waals surface area contributed by atoms with Gasteiger partial charge >= 0.3 is 0 Å². The Hall–Kier alpha value is -0.950. The van der Waals surface area contributed by atoms with Crippen LogP contribution in [0.2, 0.25) is 0 Å². The number of nitrogens with two attached hydrogens (primary N) is 1. The van der Waals surface area contributed by atoms with Crippen LogP contribution in [0.5, 0.6) is 5.75 Å². The minimum Gasteiger partial charge on any atom is -0.496 e. The van der Waals surface area contributed by atoms with Crippen LogP contribution in [0.3, 0.4) is 0 Å². The third-order valence-corrected chi connectivity index (χ3v) is 4.23. The van der Waals surface area contributed by atoms with Crippen molar-refractivity contribution in [3.05, 3.63) is 50.4 Å². The molecule has 1 heterocycles. The van der Waals surface area contributed by atoms with Gasteiger partial charge in [-0.1, -0.05) is 15.9 Å². The zero-order valence-electron chi connectivity index (χ0n) is 10.3. The molecule has 1 aromatic heterocycles. The van der Waals surface area contributed by atoms with Crippen molar-refractivity contribution in [2.75, 3.05) is 7.11 Å². The molecule has 0 bridgehead atoms. The van der Waals surface area contributed by atoms with Crippen molar-refractivity contribution in [1.29, 1.82) is 0 Å². The SMILES string of the molecule is COc1ccsc1C(Cc1cc(F)cc(Br)c1)NN. The van der Waals surface area contributed by atoms with Crippen molar-refractivity contribution in [3.8, 4) is 5.75 Å². The summed E-state index contributed by atoms with van der Waals surface area (Å²) < 4.78 is 19.4. The summed E-state index contributed by atoms with van der Waals surface area (Å²) in [5.74, 6) is 6.14. The fourth-order valence-electron chi connectivity index (χ4n) is 1.92. The molecule has 1 unspecified atom stereocenters. The Morgan fingerprint density at radius 3 is 2.89 bits per heavy atom. The number of hydrogen-bond donors (Lipinski definition) is 2. The van der Waals surface area contributed by atoms with Crippen molar-refractivity contribution in [2.24, 2.45) is 5.84 Å². The molecule has 1 atom stereocenters. The predicted molar refractivity (Wildman–Crippen MR) is 78.7 cm³/mol. The lowest BCUT2D eigenvalue weighted by atomic mass is 10.0. The number of hydrazine groups is 1. The predicted octanol–water partition coefficient (Wildman–Crippen LogP) is 3.41. The molecule has 0 amide bonds. The van der Waals surface area contributed by atoms with Gasteiger partial charge in [0.1, 0.15) is 11.6 Å². The Morgan fingerprint density at radius 2 is 2.26 bits per heavy atom. The fraction of sp³-hybridized carbons (Fsp3) is 0.231. The first kappa shape index (κ1) is 14.5. The van der Waals surface area contributed by atoms with E-state index in [4.69, 9.17) is 10.6 Å². The quantitative estimate of drug-likeness (QED) is 0.645. The van der Waals surface area contributed by atoms with Crippen molar-refractivity contribution < 1.29 is 9.13 Å². The van der Waals surface area contributed by atoms with Gasteiger partial charge in [0, 0.05) is 4.47 Å². The van der Waals surface area contributed by atoms with Crippen LogP contribution in [-0.2, 0) is 6.42 Å². The first-order valence-electron chi connectivity index (χ1n) is 5.66. The average Bonchev–Trinajstić information content (AvgIpc) is 2.82. The topological polar surface area (TPSA) is 47.3 Å². The van der Waals surface area contributed by atoms with Crippen LogP contribution in [0.15, 0.2) is 34.1 Å². The van der Waals surface area contributed by atoms with Gasteiger partial charge in [-0.05, 0) is 41.6 Å². The van der Waals surface area contributed by atoms with Crippen LogP contribution in [0.4, 0.5) is 4.39 Å². The maximum absolute atomic E-state index is 13.4. The zero-order chi connectivity index (χ0) is 13.8. The number of thiophene rings is 1. The van der Waals surface area contributed by atoms with Crippen molar-refractivity contribution >= 4 is 27.3 Å². The molecule has 0 radical (unpaired) electrons. The summed E-state index contributed by atoms with van der Waals surface area (Å²) in [6, 6.07) is 6.61. The molecule has 0 aliphatic heterocycles. The lowest BCUT2D eigenvalue weighted by molar-refractivity contribution is 0.403. The maximum Gasteiger partial charge on any atom is 0.134 e. The summed E-state index contributed by atoms with van der Waals surface area (Å²) in [7, 11) is 1.62. The van der Waals surface area contributed by atoms with Gasteiger partial charge in [-0.2, -0.15) is 0 Å². The summed E-state index contributed by atoms with van der Waals surface area (Å²) in [5.41, 5.74) is 3.63. The largest absolute Gasteiger partial charge is 0.496 e. The fourth-order valence-corrected chi connectivity index (χ4v) is 3.36. The molecule has 3 N–H and O–H groups in total. The second kappa shape index (κ2) is 6.47. The number of ether oxygens (including phenoxy) is 1. The van der Waals surface area contributed by atoms with Gasteiger partial charge in [0.15, 0.2) is 0 Å². The van der Waals surface area contributed by atoms with E-state index in [9.17, 15) is 4.39 Å². The summed E-state index contributed by atoms with van der Waals surface area (Å²) in [5, 5.41) is 1.94. The van der Waals surface area contributed by atoms with Crippen LogP contribution in [-0.4, -0.2) is 7.11 Å². The number of rotatable bonds is 5. The second-order valence-corrected chi connectivity index (χ2v) is 5.92. The van der Waals surface area contributed by atoms with Gasteiger partial charge in [-0.25, -0.2) is 4.39 Å². The summed E-state index contributed by atoms with van der Waals surface area (Å²) >= 11 is 4.85. The smallest absolute Gasteiger partial charge is 0.134 e. The average molecular weight is 345 g/mol. The molecular formula is C13H14BrFN2OS. The Kier molecular flexibility index (Phi) is 4.93. The molecule has 0 saturated heterocycles. The Labute approximate surface area is 123 Å². The summed E-state index contributed by atoms with van der Waals surface area (Å²) in [6.45, 7) is 0. The molecule has 1 aromatic carbocycles. The van der Waals surface area contributed by atoms with Gasteiger partial charge < -0.3 is 4.74 Å². The lowest BCUT2D eigenvalue weighted by Crippen LogP contribution is -2.29. The van der Waals surface area contributed by atoms with Crippen molar-refractivity contribution in [1.82, 2.24) is 5.43 Å². The molecule has 2 rings (SSSR count). The van der Waals surface area contributed by atoms with Gasteiger partial charge in [-0.15, -0.1) is 11.3 Å². The molecule has 19 heavy (non-hydrogen) atoms. The minimum atomic E-state index is -0.265. The van der Waals surface area contributed by atoms with E-state index in [1.54, 1.807) is 18.4 Å². The van der Waals surface area contributed by atoms with E-state index in [1.165, 1.54) is 12.1 Å². The normalized spacial score (nSPS) is 12.4. The highest BCUT2D eigenvalue weighted by Crippen LogP contribution is 2.32. The van der Waals surface area contributed by atoms with Crippen molar-refractivity contribution in [3.63, 3.8) is 0 Å². The first-order chi connectivity index (χ1) is 9.13. The van der Waals surface area contributed by atoms with E-state index in [1.807, 2.05) is 17.5 Å². The highest BCUT2D eigenvalue weighted by molar-refractivity contribution is 9.10. The van der Waals surface area contributed by atoms with Crippen LogP contribution >= 0.6 is 27.3 Å². The Morgan fingerprint density at radius 1 is 1.47 bits per heavy atom. The summed E-state index contributed by atoms with van der Waals surface area (Å²) in [4.78, 5) is 1.00. The van der Waals surface area contributed by atoms with Crippen molar-refractivity contribution in [2.45, 2.75) is 12.5 Å².